The Morgan fingerprint density at radius 3 is 2.50 bits per heavy atom. The fourth-order valence-corrected chi connectivity index (χ4v) is 1.26. The van der Waals surface area contributed by atoms with Gasteiger partial charge in [-0.2, -0.15) is 5.26 Å². The monoisotopic (exact) mass is 275 g/mol. The predicted octanol–water partition coefficient (Wildman–Crippen LogP) is 1.12. The maximum absolute atomic E-state index is 11.5. The van der Waals surface area contributed by atoms with E-state index in [1.165, 1.54) is 6.08 Å². The van der Waals surface area contributed by atoms with Gasteiger partial charge in [-0.3, -0.25) is 4.79 Å². The Balaban J connectivity index is 4.80. The Labute approximate surface area is 120 Å². The van der Waals surface area contributed by atoms with Crippen LogP contribution < -0.4 is 5.32 Å². The molecule has 0 aliphatic rings. The van der Waals surface area contributed by atoms with Gasteiger partial charge < -0.3 is 15.3 Å². The summed E-state index contributed by atoms with van der Waals surface area (Å²) >= 11 is 0. The number of aliphatic hydroxyl groups excluding tert-OH is 1. The van der Waals surface area contributed by atoms with Crippen LogP contribution in [0.15, 0.2) is 47.7 Å². The molecule has 20 heavy (non-hydrogen) atoms. The lowest BCUT2D eigenvalue weighted by Crippen LogP contribution is -2.27. The minimum Gasteiger partial charge on any atom is -0.395 e. The number of nitrogens with zero attached hydrogens (tertiary/aromatic N) is 2. The maximum Gasteiger partial charge on any atom is 0.262 e. The number of carbonyl (C=O) groups is 1. The molecular formula is C15H21N3O2. The van der Waals surface area contributed by atoms with Crippen molar-refractivity contribution >= 4 is 5.91 Å². The lowest BCUT2D eigenvalue weighted by molar-refractivity contribution is -0.117. The number of hydrogen-bond donors (Lipinski definition) is 2. The van der Waals surface area contributed by atoms with Gasteiger partial charge >= 0.3 is 0 Å². The number of nitriles is 1. The smallest absolute Gasteiger partial charge is 0.262 e. The highest BCUT2D eigenvalue weighted by Crippen LogP contribution is 2.01. The van der Waals surface area contributed by atoms with E-state index in [1.54, 1.807) is 12.2 Å². The number of allylic oxidation sites excluding steroid dienone is 6. The molecule has 1 amide bonds. The molecule has 2 N–H and O–H groups in total. The molecule has 0 fully saturated rings. The third-order valence-corrected chi connectivity index (χ3v) is 2.26. The van der Waals surface area contributed by atoms with Gasteiger partial charge in [-0.15, -0.1) is 0 Å². The lowest BCUT2D eigenvalue weighted by Gasteiger charge is -2.12. The van der Waals surface area contributed by atoms with Gasteiger partial charge in [0, 0.05) is 26.3 Å². The average Bonchev–Trinajstić information content (AvgIpc) is 2.43. The molecule has 0 aliphatic carbocycles. The van der Waals surface area contributed by atoms with Crippen LogP contribution in [0, 0.1) is 11.3 Å². The average molecular weight is 275 g/mol. The highest BCUT2D eigenvalue weighted by molar-refractivity contribution is 5.97. The van der Waals surface area contributed by atoms with Crippen LogP contribution >= 0.6 is 0 Å². The summed E-state index contributed by atoms with van der Waals surface area (Å²) in [6, 6.07) is 1.82. The molecule has 5 nitrogen and oxygen atoms in total. The summed E-state index contributed by atoms with van der Waals surface area (Å²) in [5.74, 6) is -0.489. The molecule has 0 atom stereocenters. The first-order valence-corrected chi connectivity index (χ1v) is 6.24. The molecule has 0 aromatic heterocycles. The molecule has 0 rings (SSSR count). The first-order chi connectivity index (χ1) is 9.56. The Kier molecular flexibility index (Phi) is 9.36. The van der Waals surface area contributed by atoms with E-state index in [0.29, 0.717) is 0 Å². The molecule has 108 valence electrons. The zero-order valence-corrected chi connectivity index (χ0v) is 12.1. The number of likely N-dealkylation sites (N-methyl/N-ethyl adjacent to an activating group) is 1. The number of aliphatic hydroxyl groups is 1. The van der Waals surface area contributed by atoms with Gasteiger partial charge in [0.2, 0.25) is 0 Å². The second-order valence-corrected chi connectivity index (χ2v) is 4.04. The highest BCUT2D eigenvalue weighted by atomic mass is 16.3. The van der Waals surface area contributed by atoms with Crippen molar-refractivity contribution in [2.24, 2.45) is 0 Å². The largest absolute Gasteiger partial charge is 0.395 e. The zero-order chi connectivity index (χ0) is 15.4. The minimum absolute atomic E-state index is 0.000497. The van der Waals surface area contributed by atoms with Crippen molar-refractivity contribution in [1.82, 2.24) is 10.2 Å². The molecule has 0 aliphatic heterocycles. The van der Waals surface area contributed by atoms with E-state index in [-0.39, 0.29) is 18.7 Å². The van der Waals surface area contributed by atoms with Crippen LogP contribution in [0.4, 0.5) is 0 Å². The van der Waals surface area contributed by atoms with Crippen LogP contribution in [0.2, 0.25) is 0 Å². The zero-order valence-electron chi connectivity index (χ0n) is 12.1. The second-order valence-electron chi connectivity index (χ2n) is 4.04. The van der Waals surface area contributed by atoms with Gasteiger partial charge in [0.05, 0.1) is 6.61 Å². The molecule has 0 aromatic rings. The molecule has 0 radical (unpaired) electrons. The number of rotatable bonds is 7. The van der Waals surface area contributed by atoms with Gasteiger partial charge in [0.1, 0.15) is 11.6 Å². The van der Waals surface area contributed by atoms with Gasteiger partial charge in [-0.05, 0) is 25.2 Å². The van der Waals surface area contributed by atoms with Gasteiger partial charge in [-0.1, -0.05) is 18.2 Å². The van der Waals surface area contributed by atoms with E-state index in [4.69, 9.17) is 10.4 Å². The van der Waals surface area contributed by atoms with Crippen molar-refractivity contribution in [3.05, 3.63) is 47.7 Å². The number of carbonyl (C=O) groups excluding carboxylic acids is 1. The maximum atomic E-state index is 11.5. The highest BCUT2D eigenvalue weighted by Gasteiger charge is 2.05. The van der Waals surface area contributed by atoms with Crippen molar-refractivity contribution < 1.29 is 9.90 Å². The van der Waals surface area contributed by atoms with Crippen LogP contribution in [0.1, 0.15) is 6.92 Å². The molecular weight excluding hydrogens is 254 g/mol. The SMILES string of the molecule is C\C=C/C(=C\C=C\C=C(/C#N)C(=O)NCCO)N(C)C. The summed E-state index contributed by atoms with van der Waals surface area (Å²) in [5, 5.41) is 19.9. The topological polar surface area (TPSA) is 76.4 Å². The molecule has 0 bridgehead atoms. The summed E-state index contributed by atoms with van der Waals surface area (Å²) < 4.78 is 0. The van der Waals surface area contributed by atoms with Gasteiger partial charge in [-0.25, -0.2) is 0 Å². The Hall–Kier alpha value is -2.32. The fourth-order valence-electron chi connectivity index (χ4n) is 1.26. The third kappa shape index (κ3) is 7.19. The van der Waals surface area contributed by atoms with Crippen molar-refractivity contribution in [3.8, 4) is 6.07 Å². The van der Waals surface area contributed by atoms with E-state index in [9.17, 15) is 4.79 Å². The van der Waals surface area contributed by atoms with Crippen molar-refractivity contribution in [2.75, 3.05) is 27.2 Å². The summed E-state index contributed by atoms with van der Waals surface area (Å²) in [5.41, 5.74) is 1.00. The second kappa shape index (κ2) is 10.6. The van der Waals surface area contributed by atoms with Crippen LogP contribution in [0.5, 0.6) is 0 Å². The first kappa shape index (κ1) is 17.7. The molecule has 0 spiro atoms. The van der Waals surface area contributed by atoms with E-state index in [2.05, 4.69) is 5.32 Å². The molecule has 0 saturated heterocycles. The Bertz CT molecular complexity index is 466. The summed E-state index contributed by atoms with van der Waals surface area (Å²) in [6.45, 7) is 1.91. The van der Waals surface area contributed by atoms with Crippen LogP contribution in [-0.4, -0.2) is 43.2 Å². The predicted molar refractivity (Wildman–Crippen MR) is 79.5 cm³/mol. The summed E-state index contributed by atoms with van der Waals surface area (Å²) in [4.78, 5) is 13.4. The molecule has 0 unspecified atom stereocenters. The summed E-state index contributed by atoms with van der Waals surface area (Å²) in [7, 11) is 3.86. The van der Waals surface area contributed by atoms with E-state index >= 15 is 0 Å². The van der Waals surface area contributed by atoms with E-state index < -0.39 is 5.91 Å². The Morgan fingerprint density at radius 2 is 2.00 bits per heavy atom. The number of nitrogens with one attached hydrogen (secondary N) is 1. The van der Waals surface area contributed by atoms with Crippen LogP contribution in [-0.2, 0) is 4.79 Å². The van der Waals surface area contributed by atoms with Crippen molar-refractivity contribution in [2.45, 2.75) is 6.92 Å². The molecule has 0 aromatic carbocycles. The molecule has 0 heterocycles. The van der Waals surface area contributed by atoms with E-state index in [0.717, 1.165) is 5.70 Å². The summed E-state index contributed by atoms with van der Waals surface area (Å²) in [6.07, 6.45) is 10.6. The standard InChI is InChI=1S/C15H21N3O2/c1-4-7-14(18(2)3)9-6-5-8-13(12-16)15(20)17-10-11-19/h4-9,19H,10-11H2,1-3H3,(H,17,20)/b6-5+,7-4-,13-8+,14-9+. The minimum atomic E-state index is -0.489. The van der Waals surface area contributed by atoms with Crippen molar-refractivity contribution in [3.63, 3.8) is 0 Å². The first-order valence-electron chi connectivity index (χ1n) is 6.24. The fraction of sp³-hybridized carbons (Fsp3) is 0.333. The van der Waals surface area contributed by atoms with Crippen molar-refractivity contribution in [1.29, 1.82) is 5.26 Å². The number of amides is 1. The van der Waals surface area contributed by atoms with Crippen LogP contribution in [0.25, 0.3) is 0 Å². The lowest BCUT2D eigenvalue weighted by atomic mass is 10.2. The third-order valence-electron chi connectivity index (χ3n) is 2.26. The molecule has 5 heteroatoms. The molecule has 0 saturated carbocycles. The Morgan fingerprint density at radius 1 is 1.35 bits per heavy atom. The van der Waals surface area contributed by atoms with Crippen LogP contribution in [0.3, 0.4) is 0 Å². The normalized spacial score (nSPS) is 12.8. The number of hydrogen-bond acceptors (Lipinski definition) is 4. The van der Waals surface area contributed by atoms with E-state index in [1.807, 2.05) is 50.2 Å². The van der Waals surface area contributed by atoms with Gasteiger partial charge in [0.25, 0.3) is 5.91 Å². The quantitative estimate of drug-likeness (QED) is 0.415. The van der Waals surface area contributed by atoms with Gasteiger partial charge in [0.15, 0.2) is 0 Å².